The van der Waals surface area contributed by atoms with Crippen LogP contribution in [-0.2, 0) is 0 Å². The van der Waals surface area contributed by atoms with E-state index in [0.29, 0.717) is 12.1 Å². The summed E-state index contributed by atoms with van der Waals surface area (Å²) in [4.78, 5) is 0. The number of nitrogens with one attached hydrogen (secondary N) is 1. The molecule has 0 saturated heterocycles. The minimum Gasteiger partial charge on any atom is -0.329 e. The molecular formula is C8H20N2S. The third kappa shape index (κ3) is 5.53. The van der Waals surface area contributed by atoms with Crippen LogP contribution in [0.25, 0.3) is 0 Å². The zero-order valence-electron chi connectivity index (χ0n) is 7.76. The van der Waals surface area contributed by atoms with Crippen molar-refractivity contribution >= 4 is 11.8 Å². The molecule has 0 aliphatic heterocycles. The van der Waals surface area contributed by atoms with Gasteiger partial charge < -0.3 is 11.1 Å². The molecule has 0 rings (SSSR count). The third-order valence-corrected chi connectivity index (χ3v) is 2.47. The lowest BCUT2D eigenvalue weighted by atomic mass is 10.2. The highest BCUT2D eigenvalue weighted by Crippen LogP contribution is 2.01. The van der Waals surface area contributed by atoms with Crippen molar-refractivity contribution < 1.29 is 0 Å². The summed E-state index contributed by atoms with van der Waals surface area (Å²) < 4.78 is 0. The van der Waals surface area contributed by atoms with Gasteiger partial charge in [0.1, 0.15) is 0 Å². The molecule has 0 saturated carbocycles. The van der Waals surface area contributed by atoms with Gasteiger partial charge in [-0.25, -0.2) is 0 Å². The average molecular weight is 176 g/mol. The van der Waals surface area contributed by atoms with Crippen molar-refractivity contribution in [2.24, 2.45) is 5.73 Å². The van der Waals surface area contributed by atoms with Crippen LogP contribution < -0.4 is 11.1 Å². The van der Waals surface area contributed by atoms with Crippen LogP contribution in [0.15, 0.2) is 0 Å². The topological polar surface area (TPSA) is 38.0 Å². The Balaban J connectivity index is 3.49. The predicted octanol–water partition coefficient (Wildman–Crippen LogP) is 1.06. The van der Waals surface area contributed by atoms with E-state index in [1.54, 1.807) is 0 Å². The van der Waals surface area contributed by atoms with Gasteiger partial charge >= 0.3 is 0 Å². The Morgan fingerprint density at radius 3 is 2.55 bits per heavy atom. The molecule has 0 spiro atoms. The molecule has 0 fully saturated rings. The maximum atomic E-state index is 5.50. The van der Waals surface area contributed by atoms with E-state index in [4.69, 9.17) is 5.73 Å². The van der Waals surface area contributed by atoms with Crippen LogP contribution in [0, 0.1) is 0 Å². The number of thioether (sulfide) groups is 1. The van der Waals surface area contributed by atoms with E-state index in [9.17, 15) is 0 Å². The Hall–Kier alpha value is 0.270. The molecule has 0 aromatic rings. The molecule has 0 amide bonds. The van der Waals surface area contributed by atoms with Crippen molar-refractivity contribution in [1.29, 1.82) is 0 Å². The first-order chi connectivity index (χ1) is 5.24. The van der Waals surface area contributed by atoms with E-state index in [-0.39, 0.29) is 0 Å². The zero-order valence-corrected chi connectivity index (χ0v) is 8.58. The Kier molecular flexibility index (Phi) is 7.12. The summed E-state index contributed by atoms with van der Waals surface area (Å²) in [5, 5.41) is 3.47. The molecule has 68 valence electrons. The molecule has 0 bridgehead atoms. The molecule has 0 aromatic heterocycles. The molecule has 2 nitrogen and oxygen atoms in total. The molecule has 3 N–H and O–H groups in total. The second-order valence-electron chi connectivity index (χ2n) is 2.86. The van der Waals surface area contributed by atoms with Gasteiger partial charge in [-0.2, -0.15) is 11.8 Å². The van der Waals surface area contributed by atoms with Crippen molar-refractivity contribution in [1.82, 2.24) is 5.32 Å². The van der Waals surface area contributed by atoms with Crippen LogP contribution in [0.4, 0.5) is 0 Å². The zero-order chi connectivity index (χ0) is 8.69. The van der Waals surface area contributed by atoms with Crippen molar-refractivity contribution in [3.8, 4) is 0 Å². The van der Waals surface area contributed by atoms with Gasteiger partial charge in [0.05, 0.1) is 0 Å². The standard InChI is InChI=1S/C8H20N2S/c1-4-8(6-11-3)10-7(2)5-9/h7-8,10H,4-6,9H2,1-3H3. The first kappa shape index (κ1) is 11.3. The fraction of sp³-hybridized carbons (Fsp3) is 1.00. The molecular weight excluding hydrogens is 156 g/mol. The Morgan fingerprint density at radius 2 is 2.18 bits per heavy atom. The van der Waals surface area contributed by atoms with Gasteiger partial charge in [0.25, 0.3) is 0 Å². The van der Waals surface area contributed by atoms with Crippen molar-refractivity contribution in [2.75, 3.05) is 18.6 Å². The monoisotopic (exact) mass is 176 g/mol. The molecule has 2 atom stereocenters. The lowest BCUT2D eigenvalue weighted by Gasteiger charge is -2.20. The van der Waals surface area contributed by atoms with Crippen LogP contribution in [0.3, 0.4) is 0 Å². The summed E-state index contributed by atoms with van der Waals surface area (Å²) >= 11 is 1.88. The molecule has 0 heterocycles. The Labute approximate surface area is 74.3 Å². The van der Waals surface area contributed by atoms with Gasteiger partial charge in [0.15, 0.2) is 0 Å². The largest absolute Gasteiger partial charge is 0.329 e. The number of hydrogen-bond donors (Lipinski definition) is 2. The van der Waals surface area contributed by atoms with Gasteiger partial charge in [0.2, 0.25) is 0 Å². The fourth-order valence-corrected chi connectivity index (χ4v) is 1.69. The summed E-state index contributed by atoms with van der Waals surface area (Å²) in [5.41, 5.74) is 5.50. The molecule has 0 aromatic carbocycles. The van der Waals surface area contributed by atoms with Gasteiger partial charge in [-0.15, -0.1) is 0 Å². The maximum absolute atomic E-state index is 5.50. The van der Waals surface area contributed by atoms with Crippen LogP contribution >= 0.6 is 11.8 Å². The van der Waals surface area contributed by atoms with Gasteiger partial charge in [-0.05, 0) is 19.6 Å². The Morgan fingerprint density at radius 1 is 1.55 bits per heavy atom. The number of hydrogen-bond acceptors (Lipinski definition) is 3. The summed E-state index contributed by atoms with van der Waals surface area (Å²) in [6, 6.07) is 1.08. The van der Waals surface area contributed by atoms with Crippen molar-refractivity contribution in [2.45, 2.75) is 32.4 Å². The van der Waals surface area contributed by atoms with Gasteiger partial charge in [0, 0.05) is 24.4 Å². The van der Waals surface area contributed by atoms with E-state index in [2.05, 4.69) is 25.4 Å². The molecule has 2 unspecified atom stereocenters. The molecule has 0 aliphatic carbocycles. The van der Waals surface area contributed by atoms with Gasteiger partial charge in [-0.3, -0.25) is 0 Å². The summed E-state index contributed by atoms with van der Waals surface area (Å²) in [6.45, 7) is 5.06. The minimum absolute atomic E-state index is 0.451. The number of rotatable bonds is 6. The van der Waals surface area contributed by atoms with Crippen LogP contribution in [0.5, 0.6) is 0 Å². The second kappa shape index (κ2) is 6.95. The van der Waals surface area contributed by atoms with Crippen LogP contribution in [0.1, 0.15) is 20.3 Å². The minimum atomic E-state index is 0.451. The smallest absolute Gasteiger partial charge is 0.0164 e. The summed E-state index contributed by atoms with van der Waals surface area (Å²) in [6.07, 6.45) is 3.32. The Bertz CT molecular complexity index is 88.2. The first-order valence-corrected chi connectivity index (χ1v) is 5.59. The van der Waals surface area contributed by atoms with Crippen molar-refractivity contribution in [3.63, 3.8) is 0 Å². The fourth-order valence-electron chi connectivity index (χ4n) is 0.955. The summed E-state index contributed by atoms with van der Waals surface area (Å²) in [7, 11) is 0. The molecule has 0 aliphatic rings. The highest BCUT2D eigenvalue weighted by molar-refractivity contribution is 7.98. The quantitative estimate of drug-likeness (QED) is 0.635. The van der Waals surface area contributed by atoms with Crippen LogP contribution in [0.2, 0.25) is 0 Å². The summed E-state index contributed by atoms with van der Waals surface area (Å²) in [5.74, 6) is 1.18. The van der Waals surface area contributed by atoms with E-state index < -0.39 is 0 Å². The van der Waals surface area contributed by atoms with E-state index in [0.717, 1.165) is 6.54 Å². The second-order valence-corrected chi connectivity index (χ2v) is 3.77. The van der Waals surface area contributed by atoms with E-state index in [1.165, 1.54) is 12.2 Å². The SMILES string of the molecule is CCC(CSC)NC(C)CN. The molecule has 0 radical (unpaired) electrons. The van der Waals surface area contributed by atoms with Crippen LogP contribution in [-0.4, -0.2) is 30.6 Å². The molecule has 3 heteroatoms. The lowest BCUT2D eigenvalue weighted by Crippen LogP contribution is -2.41. The first-order valence-electron chi connectivity index (χ1n) is 4.19. The highest BCUT2D eigenvalue weighted by atomic mass is 32.2. The number of nitrogens with two attached hydrogens (primary N) is 1. The van der Waals surface area contributed by atoms with Gasteiger partial charge in [-0.1, -0.05) is 6.92 Å². The lowest BCUT2D eigenvalue weighted by molar-refractivity contribution is 0.468. The third-order valence-electron chi connectivity index (χ3n) is 1.73. The van der Waals surface area contributed by atoms with E-state index >= 15 is 0 Å². The maximum Gasteiger partial charge on any atom is 0.0164 e. The molecule has 11 heavy (non-hydrogen) atoms. The normalized spacial score (nSPS) is 16.4. The average Bonchev–Trinajstić information content (AvgIpc) is 2.03. The predicted molar refractivity (Wildman–Crippen MR) is 54.1 cm³/mol. The van der Waals surface area contributed by atoms with E-state index in [1.807, 2.05) is 11.8 Å². The highest BCUT2D eigenvalue weighted by Gasteiger charge is 2.07. The van der Waals surface area contributed by atoms with Crippen molar-refractivity contribution in [3.05, 3.63) is 0 Å².